The molecule has 2 saturated heterocycles. The van der Waals surface area contributed by atoms with Crippen molar-refractivity contribution in [1.29, 1.82) is 0 Å². The van der Waals surface area contributed by atoms with Gasteiger partial charge in [0.1, 0.15) is 18.0 Å². The van der Waals surface area contributed by atoms with E-state index < -0.39 is 7.14 Å². The normalized spacial score (nSPS) is 23.5. The zero-order chi connectivity index (χ0) is 22.4. The topological polar surface area (TPSA) is 107 Å². The van der Waals surface area contributed by atoms with Gasteiger partial charge in [0.25, 0.3) is 0 Å². The summed E-state index contributed by atoms with van der Waals surface area (Å²) >= 11 is 7.92. The maximum absolute atomic E-state index is 12.6. The van der Waals surface area contributed by atoms with Gasteiger partial charge in [0.2, 0.25) is 0 Å². The second-order valence-corrected chi connectivity index (χ2v) is 13.5. The third kappa shape index (κ3) is 4.46. The highest BCUT2D eigenvalue weighted by Crippen LogP contribution is 2.44. The van der Waals surface area contributed by atoms with E-state index in [2.05, 4.69) is 21.8 Å². The molecule has 0 amide bonds. The number of hydrogen-bond acceptors (Lipinski definition) is 8. The lowest BCUT2D eigenvalue weighted by Crippen LogP contribution is -2.50. The molecule has 2 atom stereocenters. The lowest BCUT2D eigenvalue weighted by atomic mass is 9.73. The third-order valence-corrected chi connectivity index (χ3v) is 9.58. The fourth-order valence-corrected chi connectivity index (χ4v) is 7.51. The number of benzene rings is 1. The summed E-state index contributed by atoms with van der Waals surface area (Å²) in [5.74, 6) is 0.857. The van der Waals surface area contributed by atoms with Gasteiger partial charge in [-0.25, -0.2) is 9.97 Å². The van der Waals surface area contributed by atoms with Crippen molar-refractivity contribution in [2.24, 2.45) is 11.1 Å². The van der Waals surface area contributed by atoms with Crippen LogP contribution < -0.4 is 21.7 Å². The van der Waals surface area contributed by atoms with Gasteiger partial charge in [0.05, 0.1) is 35.4 Å². The van der Waals surface area contributed by atoms with Crippen LogP contribution in [-0.2, 0) is 9.30 Å². The van der Waals surface area contributed by atoms with E-state index in [1.807, 2.05) is 6.07 Å². The Morgan fingerprint density at radius 2 is 1.97 bits per heavy atom. The van der Waals surface area contributed by atoms with Crippen molar-refractivity contribution in [2.45, 2.75) is 41.8 Å². The van der Waals surface area contributed by atoms with Gasteiger partial charge >= 0.3 is 0 Å². The highest BCUT2D eigenvalue weighted by atomic mass is 35.5. The van der Waals surface area contributed by atoms with Gasteiger partial charge in [-0.05, 0) is 45.2 Å². The molecule has 0 unspecified atom stereocenters. The molecule has 2 fully saturated rings. The molecule has 4 N–H and O–H groups in total. The first kappa shape index (κ1) is 22.9. The average molecular weight is 482 g/mol. The van der Waals surface area contributed by atoms with Crippen LogP contribution in [0, 0.1) is 5.41 Å². The van der Waals surface area contributed by atoms with Crippen LogP contribution in [0.25, 0.3) is 0 Å². The molecule has 1 spiro atoms. The largest absolute Gasteiger partial charge is 0.398 e. The van der Waals surface area contributed by atoms with Gasteiger partial charge in [-0.2, -0.15) is 0 Å². The van der Waals surface area contributed by atoms with E-state index in [0.29, 0.717) is 16.0 Å². The second kappa shape index (κ2) is 8.56. The lowest BCUT2D eigenvalue weighted by molar-refractivity contribution is 0.0974. The fraction of sp³-hybridized carbons (Fsp3) is 0.524. The van der Waals surface area contributed by atoms with E-state index in [1.54, 1.807) is 31.8 Å². The van der Waals surface area contributed by atoms with Gasteiger partial charge in [0.15, 0.2) is 0 Å². The van der Waals surface area contributed by atoms with Crippen LogP contribution >= 0.6 is 30.5 Å². The van der Waals surface area contributed by atoms with Crippen molar-refractivity contribution in [1.82, 2.24) is 9.97 Å². The second-order valence-electron chi connectivity index (χ2n) is 8.87. The van der Waals surface area contributed by atoms with E-state index in [1.165, 1.54) is 11.8 Å². The quantitative estimate of drug-likeness (QED) is 0.505. The van der Waals surface area contributed by atoms with Crippen molar-refractivity contribution >= 4 is 47.3 Å². The van der Waals surface area contributed by atoms with E-state index in [4.69, 9.17) is 27.8 Å². The summed E-state index contributed by atoms with van der Waals surface area (Å²) in [5.41, 5.74) is 13.0. The number of halogens is 1. The summed E-state index contributed by atoms with van der Waals surface area (Å²) in [5, 5.41) is 1.67. The number of anilines is 2. The standard InChI is InChI=1S/C21H29ClN5O2PS/c1-13-20(24)21(12-29-13)6-8-27(9-7-21)16-10-26-17(11-25-16)31-15-5-4-14(23)19(18(15)22)30(2,3)28/h4-5,10-11,13,20H,6-9,12,23-24H2,1-3H3/t13-,20+/m0/s1. The number of ether oxygens (including phenoxy) is 1. The Bertz CT molecular complexity index is 1010. The smallest absolute Gasteiger partial charge is 0.147 e. The monoisotopic (exact) mass is 481 g/mol. The Morgan fingerprint density at radius 3 is 2.52 bits per heavy atom. The summed E-state index contributed by atoms with van der Waals surface area (Å²) in [7, 11) is -2.60. The van der Waals surface area contributed by atoms with Crippen molar-refractivity contribution < 1.29 is 9.30 Å². The Kier molecular flexibility index (Phi) is 6.32. The summed E-state index contributed by atoms with van der Waals surface area (Å²) in [4.78, 5) is 12.2. The molecule has 31 heavy (non-hydrogen) atoms. The predicted molar refractivity (Wildman–Crippen MR) is 128 cm³/mol. The minimum absolute atomic E-state index is 0.0841. The lowest BCUT2D eigenvalue weighted by Gasteiger charge is -2.41. The Labute approximate surface area is 192 Å². The van der Waals surface area contributed by atoms with Crippen molar-refractivity contribution in [3.63, 3.8) is 0 Å². The molecule has 4 rings (SSSR count). The average Bonchev–Trinajstić information content (AvgIpc) is 2.99. The number of nitrogen functional groups attached to an aromatic ring is 1. The van der Waals surface area contributed by atoms with E-state index in [9.17, 15) is 4.57 Å². The first-order valence-corrected chi connectivity index (χ1v) is 14.2. The van der Waals surface area contributed by atoms with Crippen LogP contribution in [0.3, 0.4) is 0 Å². The Balaban J connectivity index is 1.45. The summed E-state index contributed by atoms with van der Waals surface area (Å²) in [6.45, 7) is 7.92. The molecule has 0 aliphatic carbocycles. The van der Waals surface area contributed by atoms with Gasteiger partial charge in [0, 0.05) is 35.1 Å². The third-order valence-electron chi connectivity index (χ3n) is 6.41. The highest BCUT2D eigenvalue weighted by molar-refractivity contribution is 7.99. The molecule has 0 radical (unpaired) electrons. The maximum Gasteiger partial charge on any atom is 0.147 e. The SMILES string of the molecule is C[C@@H]1OCC2(CCN(c3cnc(Sc4ccc(N)c(P(C)(C)=O)c4Cl)cn3)CC2)[C@@H]1N. The molecule has 2 aliphatic rings. The molecule has 2 aliphatic heterocycles. The number of hydrogen-bond donors (Lipinski definition) is 2. The molecule has 1 aromatic carbocycles. The molecule has 0 saturated carbocycles. The van der Waals surface area contributed by atoms with Crippen LogP contribution in [0.4, 0.5) is 11.5 Å². The van der Waals surface area contributed by atoms with Crippen LogP contribution in [0.2, 0.25) is 5.02 Å². The molecule has 2 aromatic rings. The molecular weight excluding hydrogens is 453 g/mol. The predicted octanol–water partition coefficient (Wildman–Crippen LogP) is 3.44. The summed E-state index contributed by atoms with van der Waals surface area (Å²) in [6, 6.07) is 3.66. The van der Waals surface area contributed by atoms with Gasteiger partial charge in [-0.1, -0.05) is 23.4 Å². The van der Waals surface area contributed by atoms with Gasteiger partial charge in [-0.3, -0.25) is 0 Å². The summed E-state index contributed by atoms with van der Waals surface area (Å²) < 4.78 is 18.4. The molecule has 7 nitrogen and oxygen atoms in total. The van der Waals surface area contributed by atoms with Gasteiger partial charge in [-0.15, -0.1) is 0 Å². The van der Waals surface area contributed by atoms with Crippen LogP contribution in [0.1, 0.15) is 19.8 Å². The number of nitrogens with two attached hydrogens (primary N) is 2. The molecule has 1 aromatic heterocycles. The zero-order valence-corrected chi connectivity index (χ0v) is 20.5. The first-order chi connectivity index (χ1) is 14.6. The number of nitrogens with zero attached hydrogens (tertiary/aromatic N) is 3. The van der Waals surface area contributed by atoms with E-state index in [-0.39, 0.29) is 17.6 Å². The van der Waals surface area contributed by atoms with Crippen LogP contribution in [0.5, 0.6) is 0 Å². The molecule has 168 valence electrons. The summed E-state index contributed by atoms with van der Waals surface area (Å²) in [6.07, 6.45) is 5.66. The maximum atomic E-state index is 12.6. The van der Waals surface area contributed by atoms with Gasteiger partial charge < -0.3 is 25.7 Å². The first-order valence-electron chi connectivity index (χ1n) is 10.4. The van der Waals surface area contributed by atoms with E-state index >= 15 is 0 Å². The van der Waals surface area contributed by atoms with Crippen molar-refractivity contribution in [3.8, 4) is 0 Å². The molecule has 0 bridgehead atoms. The highest BCUT2D eigenvalue weighted by Gasteiger charge is 2.47. The zero-order valence-electron chi connectivity index (χ0n) is 18.0. The minimum atomic E-state index is -2.60. The minimum Gasteiger partial charge on any atom is -0.398 e. The Morgan fingerprint density at radius 1 is 1.26 bits per heavy atom. The van der Waals surface area contributed by atoms with Crippen LogP contribution in [-0.4, -0.2) is 55.1 Å². The van der Waals surface area contributed by atoms with E-state index in [0.717, 1.165) is 48.3 Å². The molecule has 3 heterocycles. The van der Waals surface area contributed by atoms with Crippen molar-refractivity contribution in [2.75, 3.05) is 43.7 Å². The number of aromatic nitrogens is 2. The number of piperidine rings is 1. The van der Waals surface area contributed by atoms with Crippen LogP contribution in [0.15, 0.2) is 34.4 Å². The Hall–Kier alpha value is -1.31. The molecule has 10 heteroatoms. The number of rotatable bonds is 4. The molecular formula is C21H29ClN5O2PS. The van der Waals surface area contributed by atoms with Crippen molar-refractivity contribution in [3.05, 3.63) is 29.5 Å². The fourth-order valence-electron chi connectivity index (χ4n) is 4.48.